The molecule has 3 heteroatoms. The Hall–Kier alpha value is -0.180. The van der Waals surface area contributed by atoms with Gasteiger partial charge in [-0.25, -0.2) is 0 Å². The zero-order valence-corrected chi connectivity index (χ0v) is 7.70. The molecule has 0 aliphatic rings. The molecule has 10 heavy (non-hydrogen) atoms. The van der Waals surface area contributed by atoms with Crippen LogP contribution in [0.3, 0.4) is 0 Å². The van der Waals surface area contributed by atoms with Crippen molar-refractivity contribution in [2.75, 3.05) is 25.1 Å². The van der Waals surface area contributed by atoms with Gasteiger partial charge in [-0.3, -0.25) is 4.79 Å². The standard InChI is InChI=1S/C7H15NOS/c1-4-10-6-5-8(3)7(2)9/h4-6H2,1-3H3. The summed E-state index contributed by atoms with van der Waals surface area (Å²) in [6.45, 7) is 4.59. The number of rotatable bonds is 4. The van der Waals surface area contributed by atoms with E-state index in [1.165, 1.54) is 0 Å². The summed E-state index contributed by atoms with van der Waals surface area (Å²) in [6.07, 6.45) is 0. The second-order valence-corrected chi connectivity index (χ2v) is 3.53. The van der Waals surface area contributed by atoms with Gasteiger partial charge in [0.15, 0.2) is 0 Å². The molecule has 0 fully saturated rings. The molecular formula is C7H15NOS. The first-order valence-electron chi connectivity index (χ1n) is 3.48. The monoisotopic (exact) mass is 161 g/mol. The fourth-order valence-electron chi connectivity index (χ4n) is 0.503. The summed E-state index contributed by atoms with van der Waals surface area (Å²) in [5, 5.41) is 0. The van der Waals surface area contributed by atoms with Crippen molar-refractivity contribution in [1.29, 1.82) is 0 Å². The Kier molecular flexibility index (Phi) is 5.49. The molecule has 0 rings (SSSR count). The third kappa shape index (κ3) is 4.68. The molecule has 0 aromatic rings. The predicted molar refractivity (Wildman–Crippen MR) is 46.3 cm³/mol. The number of hydrogen-bond acceptors (Lipinski definition) is 2. The number of nitrogens with zero attached hydrogens (tertiary/aromatic N) is 1. The highest BCUT2D eigenvalue weighted by Crippen LogP contribution is 1.98. The first-order valence-corrected chi connectivity index (χ1v) is 4.63. The van der Waals surface area contributed by atoms with E-state index in [-0.39, 0.29) is 5.91 Å². The van der Waals surface area contributed by atoms with E-state index in [0.29, 0.717) is 0 Å². The Morgan fingerprint density at radius 2 is 2.20 bits per heavy atom. The van der Waals surface area contributed by atoms with Gasteiger partial charge >= 0.3 is 0 Å². The van der Waals surface area contributed by atoms with Gasteiger partial charge in [-0.2, -0.15) is 11.8 Å². The molecule has 0 N–H and O–H groups in total. The lowest BCUT2D eigenvalue weighted by Gasteiger charge is -2.13. The number of amides is 1. The van der Waals surface area contributed by atoms with Crippen molar-refractivity contribution in [3.63, 3.8) is 0 Å². The quantitative estimate of drug-likeness (QED) is 0.578. The van der Waals surface area contributed by atoms with Gasteiger partial charge in [-0.1, -0.05) is 6.92 Å². The van der Waals surface area contributed by atoms with Crippen molar-refractivity contribution in [3.05, 3.63) is 0 Å². The van der Waals surface area contributed by atoms with Crippen LogP contribution in [0.25, 0.3) is 0 Å². The topological polar surface area (TPSA) is 20.3 Å². The van der Waals surface area contributed by atoms with E-state index in [0.717, 1.165) is 18.1 Å². The normalized spacial score (nSPS) is 9.50. The minimum Gasteiger partial charge on any atom is -0.345 e. The molecule has 0 radical (unpaired) electrons. The number of thioether (sulfide) groups is 1. The van der Waals surface area contributed by atoms with Crippen LogP contribution in [0.2, 0.25) is 0 Å². The number of hydrogen-bond donors (Lipinski definition) is 0. The Bertz CT molecular complexity index is 106. The molecule has 0 aromatic heterocycles. The van der Waals surface area contributed by atoms with Gasteiger partial charge in [0, 0.05) is 26.3 Å². The smallest absolute Gasteiger partial charge is 0.219 e. The van der Waals surface area contributed by atoms with E-state index < -0.39 is 0 Å². The van der Waals surface area contributed by atoms with Gasteiger partial charge in [0.05, 0.1) is 0 Å². The molecule has 60 valence electrons. The average molecular weight is 161 g/mol. The van der Waals surface area contributed by atoms with E-state index >= 15 is 0 Å². The second-order valence-electron chi connectivity index (χ2n) is 2.14. The third-order valence-corrected chi connectivity index (χ3v) is 2.19. The molecule has 0 aromatic carbocycles. The maximum absolute atomic E-state index is 10.7. The zero-order valence-electron chi connectivity index (χ0n) is 6.89. The van der Waals surface area contributed by atoms with Gasteiger partial charge in [-0.15, -0.1) is 0 Å². The van der Waals surface area contributed by atoms with Gasteiger partial charge in [0.2, 0.25) is 5.91 Å². The first kappa shape index (κ1) is 9.82. The molecule has 0 aliphatic carbocycles. The van der Waals surface area contributed by atoms with Crippen LogP contribution in [-0.4, -0.2) is 35.9 Å². The van der Waals surface area contributed by atoms with Crippen molar-refractivity contribution in [2.45, 2.75) is 13.8 Å². The van der Waals surface area contributed by atoms with Crippen LogP contribution in [0.1, 0.15) is 13.8 Å². The Labute approximate surface area is 67.0 Å². The van der Waals surface area contributed by atoms with Gasteiger partial charge in [-0.05, 0) is 5.75 Å². The maximum atomic E-state index is 10.7. The van der Waals surface area contributed by atoms with Gasteiger partial charge in [0.25, 0.3) is 0 Å². The summed E-state index contributed by atoms with van der Waals surface area (Å²) in [5.74, 6) is 2.33. The van der Waals surface area contributed by atoms with E-state index in [1.54, 1.807) is 11.8 Å². The Morgan fingerprint density at radius 3 is 2.60 bits per heavy atom. The zero-order chi connectivity index (χ0) is 7.98. The molecule has 0 heterocycles. The van der Waals surface area contributed by atoms with Crippen LogP contribution in [0.5, 0.6) is 0 Å². The van der Waals surface area contributed by atoms with Crippen LogP contribution >= 0.6 is 11.8 Å². The minimum absolute atomic E-state index is 0.150. The fraction of sp³-hybridized carbons (Fsp3) is 0.857. The van der Waals surface area contributed by atoms with Crippen LogP contribution in [0.15, 0.2) is 0 Å². The minimum atomic E-state index is 0.150. The Balaban J connectivity index is 3.21. The van der Waals surface area contributed by atoms with Crippen molar-refractivity contribution in [3.8, 4) is 0 Å². The molecule has 1 amide bonds. The number of carbonyl (C=O) groups is 1. The van der Waals surface area contributed by atoms with E-state index in [1.807, 2.05) is 18.8 Å². The van der Waals surface area contributed by atoms with Crippen LogP contribution in [0.4, 0.5) is 0 Å². The molecule has 0 aliphatic heterocycles. The molecular weight excluding hydrogens is 146 g/mol. The van der Waals surface area contributed by atoms with E-state index in [2.05, 4.69) is 6.92 Å². The lowest BCUT2D eigenvalue weighted by molar-refractivity contribution is -0.127. The second kappa shape index (κ2) is 5.59. The summed E-state index contributed by atoms with van der Waals surface area (Å²) in [6, 6.07) is 0. The van der Waals surface area contributed by atoms with E-state index in [4.69, 9.17) is 0 Å². The van der Waals surface area contributed by atoms with Crippen LogP contribution < -0.4 is 0 Å². The van der Waals surface area contributed by atoms with Crippen LogP contribution in [0, 0.1) is 0 Å². The number of carbonyl (C=O) groups excluding carboxylic acids is 1. The molecule has 0 saturated carbocycles. The maximum Gasteiger partial charge on any atom is 0.219 e. The van der Waals surface area contributed by atoms with Crippen molar-refractivity contribution >= 4 is 17.7 Å². The molecule has 0 bridgehead atoms. The van der Waals surface area contributed by atoms with Gasteiger partial charge in [0.1, 0.15) is 0 Å². The third-order valence-electron chi connectivity index (χ3n) is 1.31. The van der Waals surface area contributed by atoms with Crippen molar-refractivity contribution in [1.82, 2.24) is 4.90 Å². The molecule has 0 atom stereocenters. The lowest BCUT2D eigenvalue weighted by atomic mass is 10.5. The summed E-state index contributed by atoms with van der Waals surface area (Å²) in [5.41, 5.74) is 0. The largest absolute Gasteiger partial charge is 0.345 e. The van der Waals surface area contributed by atoms with Crippen molar-refractivity contribution < 1.29 is 4.79 Å². The SMILES string of the molecule is CCSCCN(C)C(C)=O. The van der Waals surface area contributed by atoms with E-state index in [9.17, 15) is 4.79 Å². The summed E-state index contributed by atoms with van der Waals surface area (Å²) >= 11 is 1.86. The summed E-state index contributed by atoms with van der Waals surface area (Å²) in [7, 11) is 1.83. The highest BCUT2D eigenvalue weighted by atomic mass is 32.2. The predicted octanol–water partition coefficient (Wildman–Crippen LogP) is 1.22. The first-order chi connectivity index (χ1) is 4.68. The fourth-order valence-corrected chi connectivity index (χ4v) is 1.19. The highest BCUT2D eigenvalue weighted by molar-refractivity contribution is 7.99. The molecule has 0 saturated heterocycles. The Morgan fingerprint density at radius 1 is 1.60 bits per heavy atom. The highest BCUT2D eigenvalue weighted by Gasteiger charge is 1.99. The van der Waals surface area contributed by atoms with Crippen LogP contribution in [-0.2, 0) is 4.79 Å². The lowest BCUT2D eigenvalue weighted by Crippen LogP contribution is -2.26. The average Bonchev–Trinajstić information content (AvgIpc) is 1.88. The van der Waals surface area contributed by atoms with Crippen molar-refractivity contribution in [2.24, 2.45) is 0 Å². The molecule has 0 spiro atoms. The summed E-state index contributed by atoms with van der Waals surface area (Å²) < 4.78 is 0. The molecule has 2 nitrogen and oxygen atoms in total. The summed E-state index contributed by atoms with van der Waals surface area (Å²) in [4.78, 5) is 12.4. The van der Waals surface area contributed by atoms with Gasteiger partial charge < -0.3 is 4.90 Å². The molecule has 0 unspecified atom stereocenters.